The molecule has 1 saturated heterocycles. The number of aliphatic hydroxyl groups excluding tert-OH is 1. The molecule has 2 atom stereocenters. The third-order valence-corrected chi connectivity index (χ3v) is 3.14. The Bertz CT molecular complexity index is 363. The van der Waals surface area contributed by atoms with Crippen molar-refractivity contribution in [2.75, 3.05) is 11.4 Å². The number of hydrogen-bond acceptors (Lipinski definition) is 4. The summed E-state index contributed by atoms with van der Waals surface area (Å²) in [5.74, 6) is 1.49. The maximum absolute atomic E-state index is 9.70. The van der Waals surface area contributed by atoms with Crippen LogP contribution in [0.1, 0.15) is 25.6 Å². The summed E-state index contributed by atoms with van der Waals surface area (Å²) in [4.78, 5) is 10.5. The highest BCUT2D eigenvalue weighted by Crippen LogP contribution is 2.27. The highest BCUT2D eigenvalue weighted by Gasteiger charge is 2.29. The molecule has 2 heterocycles. The summed E-state index contributed by atoms with van der Waals surface area (Å²) >= 11 is 5.92. The lowest BCUT2D eigenvalue weighted by atomic mass is 10.1. The number of halogens is 1. The lowest BCUT2D eigenvalue weighted by molar-refractivity contribution is 0.164. The van der Waals surface area contributed by atoms with Gasteiger partial charge in [0.15, 0.2) is 0 Å². The Labute approximate surface area is 100 Å². The molecule has 1 fully saturated rings. The van der Waals surface area contributed by atoms with Crippen LogP contribution in [0.3, 0.4) is 0 Å². The van der Waals surface area contributed by atoms with E-state index in [2.05, 4.69) is 14.9 Å². The fraction of sp³-hybridized carbons (Fsp3) is 0.636. The molecule has 1 aliphatic rings. The Morgan fingerprint density at radius 1 is 1.56 bits per heavy atom. The molecule has 0 saturated carbocycles. The average molecular weight is 242 g/mol. The molecule has 0 bridgehead atoms. The molecule has 1 aliphatic heterocycles. The molecule has 0 spiro atoms. The van der Waals surface area contributed by atoms with Crippen molar-refractivity contribution in [1.82, 2.24) is 9.97 Å². The summed E-state index contributed by atoms with van der Waals surface area (Å²) in [5.41, 5.74) is 0. The number of aliphatic hydroxyl groups is 1. The zero-order chi connectivity index (χ0) is 11.7. The van der Waals surface area contributed by atoms with Crippen LogP contribution in [0.5, 0.6) is 0 Å². The van der Waals surface area contributed by atoms with Gasteiger partial charge >= 0.3 is 0 Å². The predicted octanol–water partition coefficient (Wildman–Crippen LogP) is 1.79. The van der Waals surface area contributed by atoms with Gasteiger partial charge in [-0.15, -0.1) is 0 Å². The molecule has 0 unspecified atom stereocenters. The van der Waals surface area contributed by atoms with Gasteiger partial charge in [0.2, 0.25) is 0 Å². The van der Waals surface area contributed by atoms with Crippen molar-refractivity contribution in [2.24, 2.45) is 0 Å². The Balaban J connectivity index is 2.29. The molecule has 1 aromatic rings. The van der Waals surface area contributed by atoms with Crippen molar-refractivity contribution in [3.8, 4) is 0 Å². The van der Waals surface area contributed by atoms with Gasteiger partial charge in [-0.2, -0.15) is 0 Å². The van der Waals surface area contributed by atoms with E-state index in [-0.39, 0.29) is 12.1 Å². The van der Waals surface area contributed by atoms with Crippen LogP contribution in [0.4, 0.5) is 5.82 Å². The van der Waals surface area contributed by atoms with E-state index in [4.69, 9.17) is 11.6 Å². The van der Waals surface area contributed by atoms with Crippen LogP contribution in [-0.2, 0) is 0 Å². The maximum Gasteiger partial charge on any atom is 0.134 e. The second kappa shape index (κ2) is 4.55. The molecule has 0 aliphatic carbocycles. The first kappa shape index (κ1) is 11.6. The van der Waals surface area contributed by atoms with Crippen molar-refractivity contribution in [3.63, 3.8) is 0 Å². The van der Waals surface area contributed by atoms with Crippen LogP contribution in [0.2, 0.25) is 5.15 Å². The molecular formula is C11H16ClN3O. The third-order valence-electron chi connectivity index (χ3n) is 2.94. The molecule has 1 aromatic heterocycles. The molecule has 1 N–H and O–H groups in total. The van der Waals surface area contributed by atoms with Gasteiger partial charge in [-0.05, 0) is 26.7 Å². The number of aromatic nitrogens is 2. The van der Waals surface area contributed by atoms with Crippen LogP contribution < -0.4 is 4.90 Å². The van der Waals surface area contributed by atoms with E-state index in [0.717, 1.165) is 25.2 Å². The summed E-state index contributed by atoms with van der Waals surface area (Å²) in [7, 11) is 0. The first-order valence-electron chi connectivity index (χ1n) is 5.54. The van der Waals surface area contributed by atoms with Gasteiger partial charge in [-0.1, -0.05) is 11.6 Å². The zero-order valence-corrected chi connectivity index (χ0v) is 10.3. The summed E-state index contributed by atoms with van der Waals surface area (Å²) < 4.78 is 0. The van der Waals surface area contributed by atoms with Crippen LogP contribution in [-0.4, -0.2) is 33.8 Å². The Hall–Kier alpha value is -0.870. The Morgan fingerprint density at radius 2 is 2.31 bits per heavy atom. The topological polar surface area (TPSA) is 49.2 Å². The Morgan fingerprint density at radius 3 is 2.94 bits per heavy atom. The smallest absolute Gasteiger partial charge is 0.134 e. The molecule has 88 valence electrons. The lowest BCUT2D eigenvalue weighted by Gasteiger charge is -2.27. The largest absolute Gasteiger partial charge is 0.391 e. The summed E-state index contributed by atoms with van der Waals surface area (Å²) in [6.45, 7) is 4.56. The Kier molecular flexibility index (Phi) is 3.30. The standard InChI is InChI=1S/C11H16ClN3O/c1-7(16)9-4-3-5-15(9)11-6-10(12)13-8(2)14-11/h6-7,9,16H,3-5H2,1-2H3/t7-,9-/m0/s1. The molecule has 0 aromatic carbocycles. The number of aryl methyl sites for hydroxylation is 1. The van der Waals surface area contributed by atoms with Crippen LogP contribution in [0.15, 0.2) is 6.07 Å². The van der Waals surface area contributed by atoms with Gasteiger partial charge in [0.1, 0.15) is 16.8 Å². The van der Waals surface area contributed by atoms with E-state index >= 15 is 0 Å². The number of anilines is 1. The van der Waals surface area contributed by atoms with Crippen LogP contribution >= 0.6 is 11.6 Å². The molecule has 5 heteroatoms. The number of nitrogens with zero attached hydrogens (tertiary/aromatic N) is 3. The van der Waals surface area contributed by atoms with Crippen LogP contribution in [0, 0.1) is 6.92 Å². The minimum atomic E-state index is -0.350. The monoisotopic (exact) mass is 241 g/mol. The fourth-order valence-electron chi connectivity index (χ4n) is 2.24. The average Bonchev–Trinajstić information content (AvgIpc) is 2.63. The zero-order valence-electron chi connectivity index (χ0n) is 9.52. The first-order chi connectivity index (χ1) is 7.58. The molecule has 2 rings (SSSR count). The summed E-state index contributed by atoms with van der Waals surface area (Å²) in [5, 5.41) is 10.2. The predicted molar refractivity (Wildman–Crippen MR) is 63.8 cm³/mol. The van der Waals surface area contributed by atoms with E-state index in [0.29, 0.717) is 11.0 Å². The number of hydrogen-bond donors (Lipinski definition) is 1. The summed E-state index contributed by atoms with van der Waals surface area (Å²) in [6, 6.07) is 1.90. The van der Waals surface area contributed by atoms with E-state index in [1.54, 1.807) is 6.07 Å². The minimum absolute atomic E-state index is 0.144. The fourth-order valence-corrected chi connectivity index (χ4v) is 2.46. The van der Waals surface area contributed by atoms with E-state index in [1.807, 2.05) is 13.8 Å². The van der Waals surface area contributed by atoms with Crippen molar-refractivity contribution in [3.05, 3.63) is 17.0 Å². The summed E-state index contributed by atoms with van der Waals surface area (Å²) in [6.07, 6.45) is 1.73. The quantitative estimate of drug-likeness (QED) is 0.802. The first-order valence-corrected chi connectivity index (χ1v) is 5.91. The van der Waals surface area contributed by atoms with E-state index in [1.165, 1.54) is 0 Å². The second-order valence-corrected chi connectivity index (χ2v) is 4.63. The van der Waals surface area contributed by atoms with Crippen LogP contribution in [0.25, 0.3) is 0 Å². The normalized spacial score (nSPS) is 22.5. The van der Waals surface area contributed by atoms with E-state index in [9.17, 15) is 5.11 Å². The molecule has 4 nitrogen and oxygen atoms in total. The second-order valence-electron chi connectivity index (χ2n) is 4.24. The van der Waals surface area contributed by atoms with Gasteiger partial charge in [-0.25, -0.2) is 9.97 Å². The van der Waals surface area contributed by atoms with Gasteiger partial charge in [0, 0.05) is 12.6 Å². The maximum atomic E-state index is 9.70. The van der Waals surface area contributed by atoms with Crippen molar-refractivity contribution < 1.29 is 5.11 Å². The third kappa shape index (κ3) is 2.28. The molecule has 0 radical (unpaired) electrons. The van der Waals surface area contributed by atoms with Crippen molar-refractivity contribution >= 4 is 17.4 Å². The molecule has 0 amide bonds. The van der Waals surface area contributed by atoms with E-state index < -0.39 is 0 Å². The minimum Gasteiger partial charge on any atom is -0.391 e. The number of rotatable bonds is 2. The van der Waals surface area contributed by atoms with Gasteiger partial charge in [0.05, 0.1) is 12.1 Å². The van der Waals surface area contributed by atoms with Gasteiger partial charge in [-0.3, -0.25) is 0 Å². The SMILES string of the molecule is Cc1nc(Cl)cc(N2CCC[C@H]2[C@H](C)O)n1. The highest BCUT2D eigenvalue weighted by atomic mass is 35.5. The lowest BCUT2D eigenvalue weighted by Crippen LogP contribution is -2.38. The van der Waals surface area contributed by atoms with Crippen molar-refractivity contribution in [1.29, 1.82) is 0 Å². The van der Waals surface area contributed by atoms with Gasteiger partial charge < -0.3 is 10.0 Å². The molecular weight excluding hydrogens is 226 g/mol. The highest BCUT2D eigenvalue weighted by molar-refractivity contribution is 6.29. The van der Waals surface area contributed by atoms with Gasteiger partial charge in [0.25, 0.3) is 0 Å². The molecule has 16 heavy (non-hydrogen) atoms. The van der Waals surface area contributed by atoms with Crippen molar-refractivity contribution in [2.45, 2.75) is 38.8 Å².